The first-order valence-corrected chi connectivity index (χ1v) is 9.58. The standard InChI is InChI=1S/C22H34O4.H2/c1-16-12-17(14-18(13-16)21(2,3)4)8-9-19(23)26-15-22(5,6)20-24-10-7-11-25-20;/h12-14,20H,7-11,15H2,1-6H3;1H. The van der Waals surface area contributed by atoms with Crippen molar-refractivity contribution in [3.63, 3.8) is 0 Å². The van der Waals surface area contributed by atoms with Gasteiger partial charge in [0.2, 0.25) is 0 Å². The smallest absolute Gasteiger partial charge is 0.306 e. The summed E-state index contributed by atoms with van der Waals surface area (Å²) in [6.45, 7) is 14.4. The minimum absolute atomic E-state index is 0. The van der Waals surface area contributed by atoms with Crippen LogP contribution in [0.2, 0.25) is 0 Å². The fraction of sp³-hybridized carbons (Fsp3) is 0.682. The van der Waals surface area contributed by atoms with Crippen LogP contribution >= 0.6 is 0 Å². The van der Waals surface area contributed by atoms with Crippen LogP contribution in [0.3, 0.4) is 0 Å². The Morgan fingerprint density at radius 2 is 1.81 bits per heavy atom. The maximum atomic E-state index is 12.2. The molecule has 0 aliphatic carbocycles. The molecule has 1 aliphatic rings. The van der Waals surface area contributed by atoms with Gasteiger partial charge in [0.25, 0.3) is 0 Å². The third-order valence-electron chi connectivity index (χ3n) is 4.69. The maximum Gasteiger partial charge on any atom is 0.306 e. The summed E-state index contributed by atoms with van der Waals surface area (Å²) in [5.41, 5.74) is 3.47. The van der Waals surface area contributed by atoms with Gasteiger partial charge < -0.3 is 14.2 Å². The molecule has 148 valence electrons. The van der Waals surface area contributed by atoms with Crippen LogP contribution in [0.4, 0.5) is 0 Å². The van der Waals surface area contributed by atoms with E-state index in [1.54, 1.807) is 0 Å². The van der Waals surface area contributed by atoms with Crippen molar-refractivity contribution in [3.8, 4) is 0 Å². The molecule has 0 spiro atoms. The zero-order valence-corrected chi connectivity index (χ0v) is 17.2. The van der Waals surface area contributed by atoms with E-state index < -0.39 is 0 Å². The van der Waals surface area contributed by atoms with Crippen LogP contribution in [-0.2, 0) is 30.8 Å². The highest BCUT2D eigenvalue weighted by Gasteiger charge is 2.34. The number of aryl methyl sites for hydroxylation is 2. The lowest BCUT2D eigenvalue weighted by Gasteiger charge is -2.35. The van der Waals surface area contributed by atoms with Crippen molar-refractivity contribution in [2.45, 2.75) is 72.5 Å². The number of carbonyl (C=O) groups is 1. The molecule has 0 N–H and O–H groups in total. The summed E-state index contributed by atoms with van der Waals surface area (Å²) in [6.07, 6.45) is 1.69. The number of esters is 1. The van der Waals surface area contributed by atoms with Crippen LogP contribution in [0.15, 0.2) is 18.2 Å². The zero-order chi connectivity index (χ0) is 19.4. The second-order valence-corrected chi connectivity index (χ2v) is 9.03. The molecule has 1 aromatic rings. The molecule has 26 heavy (non-hydrogen) atoms. The van der Waals surface area contributed by atoms with E-state index in [4.69, 9.17) is 14.2 Å². The lowest BCUT2D eigenvalue weighted by atomic mass is 9.84. The summed E-state index contributed by atoms with van der Waals surface area (Å²) in [7, 11) is 0. The third-order valence-corrected chi connectivity index (χ3v) is 4.69. The van der Waals surface area contributed by atoms with Gasteiger partial charge in [-0.2, -0.15) is 0 Å². The number of benzene rings is 1. The van der Waals surface area contributed by atoms with Gasteiger partial charge in [-0.1, -0.05) is 58.4 Å². The zero-order valence-electron chi connectivity index (χ0n) is 17.2. The van der Waals surface area contributed by atoms with Crippen LogP contribution in [0.5, 0.6) is 0 Å². The van der Waals surface area contributed by atoms with Crippen LogP contribution in [0, 0.1) is 12.3 Å². The van der Waals surface area contributed by atoms with Gasteiger partial charge in [0.05, 0.1) is 13.2 Å². The Hall–Kier alpha value is -1.39. The number of ether oxygens (including phenoxy) is 3. The van der Waals surface area contributed by atoms with Crippen LogP contribution < -0.4 is 0 Å². The van der Waals surface area contributed by atoms with Crippen LogP contribution in [-0.4, -0.2) is 32.1 Å². The van der Waals surface area contributed by atoms with Crippen molar-refractivity contribution in [2.24, 2.45) is 5.41 Å². The monoisotopic (exact) mass is 364 g/mol. The van der Waals surface area contributed by atoms with E-state index in [1.807, 2.05) is 13.8 Å². The summed E-state index contributed by atoms with van der Waals surface area (Å²) < 4.78 is 16.8. The molecule has 0 saturated carbocycles. The van der Waals surface area contributed by atoms with Crippen molar-refractivity contribution in [1.82, 2.24) is 0 Å². The number of rotatable bonds is 6. The third kappa shape index (κ3) is 6.10. The molecule has 0 radical (unpaired) electrons. The molecule has 4 heteroatoms. The van der Waals surface area contributed by atoms with Gasteiger partial charge in [0.15, 0.2) is 6.29 Å². The van der Waals surface area contributed by atoms with Crippen molar-refractivity contribution >= 4 is 5.97 Å². The van der Waals surface area contributed by atoms with Crippen LogP contribution in [0.1, 0.15) is 65.6 Å². The molecule has 1 heterocycles. The normalized spacial score (nSPS) is 16.5. The highest BCUT2D eigenvalue weighted by molar-refractivity contribution is 5.69. The average molecular weight is 365 g/mol. The number of hydrogen-bond acceptors (Lipinski definition) is 4. The maximum absolute atomic E-state index is 12.2. The van der Waals surface area contributed by atoms with Crippen molar-refractivity contribution in [1.29, 1.82) is 0 Å². The first-order chi connectivity index (χ1) is 12.1. The fourth-order valence-corrected chi connectivity index (χ4v) is 3.03. The van der Waals surface area contributed by atoms with E-state index in [0.29, 0.717) is 32.7 Å². The fourth-order valence-electron chi connectivity index (χ4n) is 3.03. The van der Waals surface area contributed by atoms with Gasteiger partial charge in [0.1, 0.15) is 6.61 Å². The Balaban J connectivity index is 0.00000364. The summed E-state index contributed by atoms with van der Waals surface area (Å²) in [6, 6.07) is 6.57. The van der Waals surface area contributed by atoms with E-state index in [0.717, 1.165) is 6.42 Å². The molecule has 1 aromatic carbocycles. The molecular weight excluding hydrogens is 328 g/mol. The Kier molecular flexibility index (Phi) is 6.86. The van der Waals surface area contributed by atoms with E-state index >= 15 is 0 Å². The molecule has 4 nitrogen and oxygen atoms in total. The molecule has 2 rings (SSSR count). The van der Waals surface area contributed by atoms with Crippen molar-refractivity contribution < 1.29 is 20.4 Å². The number of carbonyl (C=O) groups excluding carboxylic acids is 1. The Bertz CT molecular complexity index is 613. The molecule has 0 amide bonds. The van der Waals surface area contributed by atoms with E-state index in [9.17, 15) is 4.79 Å². The van der Waals surface area contributed by atoms with Gasteiger partial charge >= 0.3 is 5.97 Å². The summed E-state index contributed by atoms with van der Waals surface area (Å²) in [4.78, 5) is 12.2. The largest absolute Gasteiger partial charge is 0.465 e. The predicted octanol–water partition coefficient (Wildman–Crippen LogP) is 4.80. The first kappa shape index (κ1) is 20.9. The van der Waals surface area contributed by atoms with Gasteiger partial charge in [-0.3, -0.25) is 4.79 Å². The Morgan fingerprint density at radius 3 is 2.42 bits per heavy atom. The highest BCUT2D eigenvalue weighted by Crippen LogP contribution is 2.28. The molecule has 1 aliphatic heterocycles. The molecule has 1 fully saturated rings. The second kappa shape index (κ2) is 8.53. The van der Waals surface area contributed by atoms with Crippen LogP contribution in [0.25, 0.3) is 0 Å². The SMILES string of the molecule is Cc1cc(CCC(=O)OCC(C)(C)C2OCCCO2)cc(C(C)(C)C)c1.[HH]. The second-order valence-electron chi connectivity index (χ2n) is 9.03. The lowest BCUT2D eigenvalue weighted by Crippen LogP contribution is -2.41. The highest BCUT2D eigenvalue weighted by atomic mass is 16.7. The number of hydrogen-bond donors (Lipinski definition) is 0. The van der Waals surface area contributed by atoms with E-state index in [1.165, 1.54) is 16.7 Å². The van der Waals surface area contributed by atoms with Gasteiger partial charge in [-0.05, 0) is 36.3 Å². The molecule has 0 bridgehead atoms. The lowest BCUT2D eigenvalue weighted by molar-refractivity contribution is -0.237. The molecule has 0 atom stereocenters. The summed E-state index contributed by atoms with van der Waals surface area (Å²) in [5.74, 6) is -0.173. The minimum Gasteiger partial charge on any atom is -0.465 e. The van der Waals surface area contributed by atoms with Crippen molar-refractivity contribution in [3.05, 3.63) is 34.9 Å². The summed E-state index contributed by atoms with van der Waals surface area (Å²) in [5, 5.41) is 0. The van der Waals surface area contributed by atoms with E-state index in [2.05, 4.69) is 45.9 Å². The van der Waals surface area contributed by atoms with Gasteiger partial charge in [-0.25, -0.2) is 0 Å². The molecule has 1 saturated heterocycles. The topological polar surface area (TPSA) is 44.8 Å². The Morgan fingerprint density at radius 1 is 1.15 bits per heavy atom. The molecule has 0 unspecified atom stereocenters. The minimum atomic E-state index is -0.348. The van der Waals surface area contributed by atoms with E-state index in [-0.39, 0.29) is 24.5 Å². The molecular formula is C22H36O4. The van der Waals surface area contributed by atoms with Gasteiger partial charge in [0, 0.05) is 13.3 Å². The Labute approximate surface area is 159 Å². The predicted molar refractivity (Wildman–Crippen MR) is 105 cm³/mol. The average Bonchev–Trinajstić information content (AvgIpc) is 2.58. The van der Waals surface area contributed by atoms with Gasteiger partial charge in [-0.15, -0.1) is 0 Å². The first-order valence-electron chi connectivity index (χ1n) is 9.58. The summed E-state index contributed by atoms with van der Waals surface area (Å²) >= 11 is 0. The molecule has 0 aromatic heterocycles. The van der Waals surface area contributed by atoms with Crippen molar-refractivity contribution in [2.75, 3.05) is 19.8 Å². The quantitative estimate of drug-likeness (QED) is 0.680.